The van der Waals surface area contributed by atoms with Gasteiger partial charge >= 0.3 is 0 Å². The summed E-state index contributed by atoms with van der Waals surface area (Å²) in [5.74, 6) is -4.03. The number of anilines is 2. The minimum Gasteiger partial charge on any atom is -0.382 e. The zero-order valence-corrected chi connectivity index (χ0v) is 16.6. The van der Waals surface area contributed by atoms with Gasteiger partial charge in [0, 0.05) is 24.8 Å². The van der Waals surface area contributed by atoms with Crippen LogP contribution in [0.3, 0.4) is 0 Å². The van der Waals surface area contributed by atoms with E-state index in [0.717, 1.165) is 24.8 Å². The van der Waals surface area contributed by atoms with Crippen LogP contribution in [0.15, 0.2) is 41.5 Å². The Morgan fingerprint density at radius 1 is 1.06 bits per heavy atom. The molecule has 0 atom stereocenters. The number of aromatic nitrogens is 4. The van der Waals surface area contributed by atoms with Crippen molar-refractivity contribution in [2.75, 3.05) is 36.9 Å². The van der Waals surface area contributed by atoms with Crippen LogP contribution < -0.4 is 16.2 Å². The quantitative estimate of drug-likeness (QED) is 0.473. The van der Waals surface area contributed by atoms with Gasteiger partial charge < -0.3 is 15.4 Å². The van der Waals surface area contributed by atoms with E-state index >= 15 is 0 Å². The first-order chi connectivity index (χ1) is 15.5. The predicted molar refractivity (Wildman–Crippen MR) is 112 cm³/mol. The Morgan fingerprint density at radius 3 is 2.53 bits per heavy atom. The van der Waals surface area contributed by atoms with E-state index in [4.69, 9.17) is 10.5 Å². The molecule has 3 N–H and O–H groups in total. The molecule has 8 nitrogen and oxygen atoms in total. The van der Waals surface area contributed by atoms with E-state index in [-0.39, 0.29) is 16.7 Å². The Labute approximate surface area is 179 Å². The van der Waals surface area contributed by atoms with Crippen LogP contribution >= 0.6 is 0 Å². The molecule has 5 rings (SSSR count). The van der Waals surface area contributed by atoms with Gasteiger partial charge in [-0.05, 0) is 24.3 Å². The first kappa shape index (κ1) is 20.1. The highest BCUT2D eigenvalue weighted by Crippen LogP contribution is 2.30. The summed E-state index contributed by atoms with van der Waals surface area (Å²) in [5.41, 5.74) is 6.02. The highest BCUT2D eigenvalue weighted by molar-refractivity contribution is 5.97. The number of H-pyrrole nitrogens is 1. The molecule has 1 fully saturated rings. The molecule has 0 saturated carbocycles. The lowest BCUT2D eigenvalue weighted by molar-refractivity contribution is 0.122. The standard InChI is InChI=1S/C21H17F3N6O2/c22-13-2-3-14(23)19(17(13)24)30-10-12(18-16(21(30)31)20(25)28-27-18)15-4-1-11(9-26-15)29-5-7-32-8-6-29/h1-4,9-10H,5-8H2,(H3,25,27,28). The minimum atomic E-state index is -1.49. The van der Waals surface area contributed by atoms with Crippen molar-refractivity contribution in [1.29, 1.82) is 0 Å². The largest absolute Gasteiger partial charge is 0.382 e. The van der Waals surface area contributed by atoms with Gasteiger partial charge in [-0.1, -0.05) is 0 Å². The number of hydrogen-bond acceptors (Lipinski definition) is 6. The Bertz CT molecular complexity index is 1380. The van der Waals surface area contributed by atoms with Gasteiger partial charge in [-0.25, -0.2) is 13.2 Å². The first-order valence-corrected chi connectivity index (χ1v) is 9.78. The molecule has 4 aromatic rings. The summed E-state index contributed by atoms with van der Waals surface area (Å²) in [6.45, 7) is 2.69. The lowest BCUT2D eigenvalue weighted by Crippen LogP contribution is -2.36. The number of pyridine rings is 2. The Hall–Kier alpha value is -3.86. The van der Waals surface area contributed by atoms with E-state index in [1.807, 2.05) is 6.07 Å². The number of halogens is 3. The van der Waals surface area contributed by atoms with Crippen LogP contribution in [0.4, 0.5) is 24.7 Å². The molecule has 11 heteroatoms. The molecule has 0 amide bonds. The normalized spacial score (nSPS) is 14.3. The smallest absolute Gasteiger partial charge is 0.268 e. The first-order valence-electron chi connectivity index (χ1n) is 9.78. The second kappa shape index (κ2) is 7.68. The molecule has 1 aliphatic heterocycles. The van der Waals surface area contributed by atoms with Gasteiger partial charge in [0.2, 0.25) is 0 Å². The van der Waals surface area contributed by atoms with E-state index in [1.165, 1.54) is 6.20 Å². The fourth-order valence-corrected chi connectivity index (χ4v) is 3.79. The predicted octanol–water partition coefficient (Wildman–Crippen LogP) is 2.61. The number of morpholine rings is 1. The number of aromatic amines is 1. The summed E-state index contributed by atoms with van der Waals surface area (Å²) >= 11 is 0. The second-order valence-electron chi connectivity index (χ2n) is 7.27. The third kappa shape index (κ3) is 3.17. The monoisotopic (exact) mass is 442 g/mol. The lowest BCUT2D eigenvalue weighted by atomic mass is 10.1. The summed E-state index contributed by atoms with van der Waals surface area (Å²) in [6, 6.07) is 4.96. The van der Waals surface area contributed by atoms with Gasteiger partial charge in [0.05, 0.1) is 36.3 Å². The Balaban J connectivity index is 1.70. The van der Waals surface area contributed by atoms with Crippen molar-refractivity contribution >= 4 is 22.4 Å². The SMILES string of the molecule is Nc1n[nH]c2c(-c3ccc(N4CCOCC4)cn3)cn(-c3c(F)ccc(F)c3F)c(=O)c12. The number of rotatable bonds is 3. The highest BCUT2D eigenvalue weighted by atomic mass is 19.2. The van der Waals surface area contributed by atoms with Crippen molar-refractivity contribution in [3.63, 3.8) is 0 Å². The summed E-state index contributed by atoms with van der Waals surface area (Å²) in [5, 5.41) is 6.46. The molecule has 1 aliphatic rings. The maximum Gasteiger partial charge on any atom is 0.268 e. The maximum absolute atomic E-state index is 14.5. The zero-order valence-electron chi connectivity index (χ0n) is 16.6. The molecular formula is C21H17F3N6O2. The second-order valence-corrected chi connectivity index (χ2v) is 7.27. The van der Waals surface area contributed by atoms with Crippen molar-refractivity contribution in [1.82, 2.24) is 19.7 Å². The molecule has 32 heavy (non-hydrogen) atoms. The summed E-state index contributed by atoms with van der Waals surface area (Å²) in [4.78, 5) is 19.6. The number of ether oxygens (including phenoxy) is 1. The molecule has 164 valence electrons. The van der Waals surface area contributed by atoms with Crippen molar-refractivity contribution in [3.05, 3.63) is 64.5 Å². The summed E-state index contributed by atoms with van der Waals surface area (Å²) < 4.78 is 48.8. The number of nitrogens with two attached hydrogens (primary N) is 1. The summed E-state index contributed by atoms with van der Waals surface area (Å²) in [7, 11) is 0. The number of fused-ring (bicyclic) bond motifs is 1. The molecule has 0 unspecified atom stereocenters. The van der Waals surface area contributed by atoms with Gasteiger partial charge in [-0.15, -0.1) is 0 Å². The van der Waals surface area contributed by atoms with Gasteiger partial charge in [0.1, 0.15) is 11.1 Å². The molecule has 3 aromatic heterocycles. The molecule has 4 heterocycles. The fraction of sp³-hybridized carbons (Fsp3) is 0.190. The van der Waals surface area contributed by atoms with E-state index < -0.39 is 28.7 Å². The Morgan fingerprint density at radius 2 is 1.81 bits per heavy atom. The van der Waals surface area contributed by atoms with Gasteiger partial charge in [-0.2, -0.15) is 5.10 Å². The van der Waals surface area contributed by atoms with Crippen LogP contribution in [0.2, 0.25) is 0 Å². The van der Waals surface area contributed by atoms with Crippen molar-refractivity contribution in [2.24, 2.45) is 0 Å². The molecular weight excluding hydrogens is 425 g/mol. The van der Waals surface area contributed by atoms with E-state index in [0.29, 0.717) is 35.1 Å². The average molecular weight is 442 g/mol. The van der Waals surface area contributed by atoms with Crippen LogP contribution in [-0.2, 0) is 4.74 Å². The third-order valence-electron chi connectivity index (χ3n) is 5.42. The number of benzene rings is 1. The maximum atomic E-state index is 14.5. The molecule has 1 saturated heterocycles. The molecule has 0 spiro atoms. The summed E-state index contributed by atoms with van der Waals surface area (Å²) in [6.07, 6.45) is 2.85. The molecule has 0 aliphatic carbocycles. The van der Waals surface area contributed by atoms with Crippen molar-refractivity contribution < 1.29 is 17.9 Å². The number of hydrogen-bond donors (Lipinski definition) is 2. The van der Waals surface area contributed by atoms with Crippen LogP contribution in [0.5, 0.6) is 0 Å². The third-order valence-corrected chi connectivity index (χ3v) is 5.42. The number of nitrogens with one attached hydrogen (secondary N) is 1. The molecule has 0 radical (unpaired) electrons. The van der Waals surface area contributed by atoms with Crippen molar-refractivity contribution in [2.45, 2.75) is 0 Å². The Kier molecular flexibility index (Phi) is 4.82. The number of nitrogens with zero attached hydrogens (tertiary/aromatic N) is 4. The van der Waals surface area contributed by atoms with Crippen molar-refractivity contribution in [3.8, 4) is 16.9 Å². The van der Waals surface area contributed by atoms with Crippen LogP contribution in [0.25, 0.3) is 27.8 Å². The zero-order chi connectivity index (χ0) is 22.4. The van der Waals surface area contributed by atoms with Gasteiger partial charge in [0.15, 0.2) is 23.3 Å². The van der Waals surface area contributed by atoms with Crippen LogP contribution in [0, 0.1) is 17.5 Å². The highest BCUT2D eigenvalue weighted by Gasteiger charge is 2.23. The average Bonchev–Trinajstić information content (AvgIpc) is 3.21. The lowest BCUT2D eigenvalue weighted by Gasteiger charge is -2.28. The fourth-order valence-electron chi connectivity index (χ4n) is 3.79. The molecule has 1 aromatic carbocycles. The van der Waals surface area contributed by atoms with E-state index in [1.54, 1.807) is 12.3 Å². The number of nitrogen functional groups attached to an aromatic ring is 1. The van der Waals surface area contributed by atoms with E-state index in [9.17, 15) is 18.0 Å². The van der Waals surface area contributed by atoms with Gasteiger partial charge in [0.25, 0.3) is 5.56 Å². The van der Waals surface area contributed by atoms with Crippen LogP contribution in [-0.4, -0.2) is 46.1 Å². The minimum absolute atomic E-state index is 0.0791. The van der Waals surface area contributed by atoms with E-state index in [2.05, 4.69) is 20.1 Å². The van der Waals surface area contributed by atoms with Gasteiger partial charge in [-0.3, -0.25) is 19.4 Å². The molecule has 0 bridgehead atoms. The van der Waals surface area contributed by atoms with Crippen LogP contribution in [0.1, 0.15) is 0 Å². The topological polar surface area (TPSA) is 102 Å².